The van der Waals surface area contributed by atoms with Crippen molar-refractivity contribution in [3.63, 3.8) is 0 Å². The average Bonchev–Trinajstić information content (AvgIpc) is 3.50. The van der Waals surface area contributed by atoms with E-state index in [0.29, 0.717) is 27.7 Å². The molecule has 0 radical (unpaired) electrons. The van der Waals surface area contributed by atoms with Gasteiger partial charge in [-0.2, -0.15) is 5.26 Å². The zero-order valence-electron chi connectivity index (χ0n) is 29.0. The summed E-state index contributed by atoms with van der Waals surface area (Å²) in [5.74, 6) is -0.608. The summed E-state index contributed by atoms with van der Waals surface area (Å²) in [6.45, 7) is 6.66. The third kappa shape index (κ3) is 9.44. The number of thiophene rings is 1. The zero-order valence-corrected chi connectivity index (χ0v) is 30.7. The highest BCUT2D eigenvalue weighted by atomic mass is 32.2. The average molecular weight is 726 g/mol. The summed E-state index contributed by atoms with van der Waals surface area (Å²) in [5, 5.41) is 19.2. The summed E-state index contributed by atoms with van der Waals surface area (Å²) in [5.41, 5.74) is 5.82. The number of hydrogen-bond acceptors (Lipinski definition) is 7. The molecular weight excluding hydrogens is 687 g/mol. The minimum atomic E-state index is -0.481. The molecule has 2 heterocycles. The van der Waals surface area contributed by atoms with Gasteiger partial charge in [-0.05, 0) is 71.0 Å². The Morgan fingerprint density at radius 1 is 0.923 bits per heavy atom. The SMILES string of the molecule is CC(C)c1ccc(/C=C(/NC(=O)c2ccccc2)C(=O)Nc2cccc(SCC(=O)Nc3sc4c(c3C#N)CCN(Cc3ccccc3)C4)c2)cc1. The highest BCUT2D eigenvalue weighted by Crippen LogP contribution is 2.37. The Morgan fingerprint density at radius 2 is 1.65 bits per heavy atom. The lowest BCUT2D eigenvalue weighted by atomic mass is 10.0. The number of benzene rings is 4. The molecule has 262 valence electrons. The number of fused-ring (bicyclic) bond motifs is 1. The van der Waals surface area contributed by atoms with Crippen LogP contribution in [0.25, 0.3) is 6.08 Å². The van der Waals surface area contributed by atoms with E-state index in [2.05, 4.69) is 52.9 Å². The summed E-state index contributed by atoms with van der Waals surface area (Å²) in [7, 11) is 0. The van der Waals surface area contributed by atoms with Crippen molar-refractivity contribution in [1.82, 2.24) is 10.2 Å². The van der Waals surface area contributed by atoms with Gasteiger partial charge in [0.15, 0.2) is 0 Å². The van der Waals surface area contributed by atoms with Gasteiger partial charge >= 0.3 is 0 Å². The molecule has 10 heteroatoms. The van der Waals surface area contributed by atoms with E-state index in [1.807, 2.05) is 54.6 Å². The van der Waals surface area contributed by atoms with Crippen molar-refractivity contribution in [2.45, 2.75) is 44.2 Å². The molecule has 0 fully saturated rings. The highest BCUT2D eigenvalue weighted by Gasteiger charge is 2.25. The Bertz CT molecular complexity index is 2120. The molecule has 0 spiro atoms. The molecule has 5 aromatic rings. The van der Waals surface area contributed by atoms with Gasteiger partial charge in [0.05, 0.1) is 11.3 Å². The topological polar surface area (TPSA) is 114 Å². The molecule has 1 aliphatic rings. The zero-order chi connectivity index (χ0) is 36.5. The number of amides is 3. The van der Waals surface area contributed by atoms with Gasteiger partial charge in [-0.3, -0.25) is 19.3 Å². The Balaban J connectivity index is 1.09. The maximum absolute atomic E-state index is 13.6. The minimum absolute atomic E-state index is 0.0960. The van der Waals surface area contributed by atoms with E-state index in [9.17, 15) is 19.6 Å². The first kappa shape index (κ1) is 36.3. The number of carbonyl (C=O) groups excluding carboxylic acids is 3. The first-order valence-electron chi connectivity index (χ1n) is 17.1. The van der Waals surface area contributed by atoms with Crippen molar-refractivity contribution in [1.29, 1.82) is 5.26 Å². The molecule has 4 aromatic carbocycles. The number of nitrogens with zero attached hydrogens (tertiary/aromatic N) is 2. The second-order valence-corrected chi connectivity index (χ2v) is 14.9. The van der Waals surface area contributed by atoms with Gasteiger partial charge in [-0.15, -0.1) is 23.1 Å². The number of hydrogen-bond donors (Lipinski definition) is 3. The lowest BCUT2D eigenvalue weighted by molar-refractivity contribution is -0.114. The van der Waals surface area contributed by atoms with Gasteiger partial charge in [0.2, 0.25) is 5.91 Å². The molecule has 1 aliphatic heterocycles. The fraction of sp³-hybridized carbons (Fsp3) is 0.190. The van der Waals surface area contributed by atoms with Gasteiger partial charge in [0.1, 0.15) is 16.8 Å². The summed E-state index contributed by atoms with van der Waals surface area (Å²) in [6.07, 6.45) is 2.42. The summed E-state index contributed by atoms with van der Waals surface area (Å²) in [4.78, 5) is 44.0. The molecule has 6 rings (SSSR count). The molecule has 52 heavy (non-hydrogen) atoms. The van der Waals surface area contributed by atoms with E-state index in [0.717, 1.165) is 47.0 Å². The van der Waals surface area contributed by atoms with Crippen LogP contribution in [0.4, 0.5) is 10.7 Å². The molecule has 0 bridgehead atoms. The van der Waals surface area contributed by atoms with Crippen LogP contribution in [0, 0.1) is 11.3 Å². The predicted molar refractivity (Wildman–Crippen MR) is 210 cm³/mol. The Kier molecular flexibility index (Phi) is 12.0. The quantitative estimate of drug-likeness (QED) is 0.0879. The highest BCUT2D eigenvalue weighted by molar-refractivity contribution is 8.00. The van der Waals surface area contributed by atoms with E-state index >= 15 is 0 Å². The van der Waals surface area contributed by atoms with Crippen LogP contribution in [0.3, 0.4) is 0 Å². The van der Waals surface area contributed by atoms with Crippen molar-refractivity contribution in [3.8, 4) is 6.07 Å². The normalized spacial score (nSPS) is 12.8. The first-order chi connectivity index (χ1) is 25.2. The fourth-order valence-electron chi connectivity index (χ4n) is 5.90. The largest absolute Gasteiger partial charge is 0.321 e. The van der Waals surface area contributed by atoms with Crippen LogP contribution in [0.2, 0.25) is 0 Å². The molecule has 3 N–H and O–H groups in total. The van der Waals surface area contributed by atoms with Crippen molar-refractivity contribution in [3.05, 3.63) is 153 Å². The summed E-state index contributed by atoms with van der Waals surface area (Å²) >= 11 is 2.81. The van der Waals surface area contributed by atoms with Crippen LogP contribution in [-0.2, 0) is 29.1 Å². The molecule has 1 aromatic heterocycles. The van der Waals surface area contributed by atoms with E-state index in [1.54, 1.807) is 48.5 Å². The van der Waals surface area contributed by atoms with Gasteiger partial charge in [-0.1, -0.05) is 92.7 Å². The lowest BCUT2D eigenvalue weighted by Crippen LogP contribution is -2.30. The number of thioether (sulfide) groups is 1. The second kappa shape index (κ2) is 17.2. The first-order valence-corrected chi connectivity index (χ1v) is 18.9. The molecular formula is C42H39N5O3S2. The van der Waals surface area contributed by atoms with E-state index in [-0.39, 0.29) is 17.4 Å². The number of nitrogens with one attached hydrogen (secondary N) is 3. The van der Waals surface area contributed by atoms with Gasteiger partial charge in [0, 0.05) is 40.7 Å². The molecule has 0 aliphatic carbocycles. The predicted octanol–water partition coefficient (Wildman–Crippen LogP) is 8.44. The van der Waals surface area contributed by atoms with E-state index in [1.165, 1.54) is 34.2 Å². The van der Waals surface area contributed by atoms with Crippen molar-refractivity contribution in [2.24, 2.45) is 0 Å². The van der Waals surface area contributed by atoms with E-state index < -0.39 is 11.8 Å². The van der Waals surface area contributed by atoms with Crippen LogP contribution >= 0.6 is 23.1 Å². The van der Waals surface area contributed by atoms with E-state index in [4.69, 9.17) is 0 Å². The number of nitriles is 1. The van der Waals surface area contributed by atoms with Crippen LogP contribution < -0.4 is 16.0 Å². The Hall–Kier alpha value is -5.47. The molecule has 8 nitrogen and oxygen atoms in total. The fourth-order valence-corrected chi connectivity index (χ4v) is 7.91. The maximum Gasteiger partial charge on any atom is 0.272 e. The van der Waals surface area contributed by atoms with Crippen LogP contribution in [0.1, 0.15) is 62.8 Å². The maximum atomic E-state index is 13.6. The molecule has 0 unspecified atom stereocenters. The summed E-state index contributed by atoms with van der Waals surface area (Å²) < 4.78 is 0. The minimum Gasteiger partial charge on any atom is -0.321 e. The van der Waals surface area contributed by atoms with Crippen LogP contribution in [0.5, 0.6) is 0 Å². The standard InChI is InChI=1S/C42H39N5O3S2/c1-28(2)31-18-16-29(17-19-31)22-37(45-40(49)32-12-7-4-8-13-32)41(50)44-33-14-9-15-34(23-33)51-27-39(48)46-42-36(24-43)35-20-21-47(26-38(35)52-42)25-30-10-5-3-6-11-30/h3-19,22-23,28H,20-21,25-27H2,1-2H3,(H,44,50)(H,45,49)(H,46,48)/b37-22+. The molecule has 3 amide bonds. The molecule has 0 saturated carbocycles. The van der Waals surface area contributed by atoms with Crippen molar-refractivity contribution in [2.75, 3.05) is 22.9 Å². The number of carbonyl (C=O) groups is 3. The number of anilines is 2. The number of rotatable bonds is 12. The van der Waals surface area contributed by atoms with Crippen molar-refractivity contribution >= 4 is 57.6 Å². The molecule has 0 atom stereocenters. The molecule has 0 saturated heterocycles. The van der Waals surface area contributed by atoms with Gasteiger partial charge in [-0.25, -0.2) is 0 Å². The van der Waals surface area contributed by atoms with Gasteiger partial charge < -0.3 is 16.0 Å². The third-order valence-corrected chi connectivity index (χ3v) is 10.8. The smallest absolute Gasteiger partial charge is 0.272 e. The Morgan fingerprint density at radius 3 is 2.37 bits per heavy atom. The Labute approximate surface area is 312 Å². The van der Waals surface area contributed by atoms with Crippen LogP contribution in [0.15, 0.2) is 120 Å². The lowest BCUT2D eigenvalue weighted by Gasteiger charge is -2.26. The van der Waals surface area contributed by atoms with Crippen LogP contribution in [-0.4, -0.2) is 34.9 Å². The monoisotopic (exact) mass is 725 g/mol. The second-order valence-electron chi connectivity index (χ2n) is 12.8. The summed E-state index contributed by atoms with van der Waals surface area (Å²) in [6, 6.07) is 36.5. The third-order valence-electron chi connectivity index (χ3n) is 8.65. The van der Waals surface area contributed by atoms with Gasteiger partial charge in [0.25, 0.3) is 11.8 Å². The van der Waals surface area contributed by atoms with Crippen molar-refractivity contribution < 1.29 is 14.4 Å².